The van der Waals surface area contributed by atoms with E-state index in [0.29, 0.717) is 19.2 Å². The number of carbonyl (C=O) groups is 1. The molecule has 0 spiro atoms. The van der Waals surface area contributed by atoms with Gasteiger partial charge in [0.05, 0.1) is 19.8 Å². The molecule has 19 heavy (non-hydrogen) atoms. The number of hydrogen-bond donors (Lipinski definition) is 1. The molecule has 0 bridgehead atoms. The minimum atomic E-state index is -0.525. The van der Waals surface area contributed by atoms with Gasteiger partial charge < -0.3 is 15.2 Å². The van der Waals surface area contributed by atoms with Crippen LogP contribution in [0.1, 0.15) is 13.3 Å². The zero-order valence-electron chi connectivity index (χ0n) is 11.7. The summed E-state index contributed by atoms with van der Waals surface area (Å²) >= 11 is 0. The Kier molecular flexibility index (Phi) is 5.57. The summed E-state index contributed by atoms with van der Waals surface area (Å²) in [7, 11) is 0. The van der Waals surface area contributed by atoms with Gasteiger partial charge in [-0.3, -0.25) is 14.6 Å². The summed E-state index contributed by atoms with van der Waals surface area (Å²) in [6, 6.07) is 0.0571. The summed E-state index contributed by atoms with van der Waals surface area (Å²) in [6.45, 7) is 8.49. The molecule has 2 N–H and O–H groups in total. The van der Waals surface area contributed by atoms with E-state index in [2.05, 4.69) is 9.80 Å². The van der Waals surface area contributed by atoms with Gasteiger partial charge in [0, 0.05) is 32.2 Å². The lowest BCUT2D eigenvalue weighted by Crippen LogP contribution is -2.46. The van der Waals surface area contributed by atoms with Crippen LogP contribution >= 0.6 is 0 Å². The van der Waals surface area contributed by atoms with Crippen molar-refractivity contribution in [1.29, 1.82) is 0 Å². The summed E-state index contributed by atoms with van der Waals surface area (Å²) in [6.07, 6.45) is 1.15. The first-order chi connectivity index (χ1) is 9.20. The molecule has 6 heteroatoms. The number of esters is 1. The predicted molar refractivity (Wildman–Crippen MR) is 71.8 cm³/mol. The quantitative estimate of drug-likeness (QED) is 0.666. The van der Waals surface area contributed by atoms with Crippen LogP contribution in [0.3, 0.4) is 0 Å². The normalized spacial score (nSPS) is 27.4. The van der Waals surface area contributed by atoms with E-state index in [0.717, 1.165) is 45.8 Å². The molecule has 0 aromatic rings. The topological polar surface area (TPSA) is 68.0 Å². The van der Waals surface area contributed by atoms with Crippen LogP contribution in [0.25, 0.3) is 0 Å². The summed E-state index contributed by atoms with van der Waals surface area (Å²) < 4.78 is 10.3. The fraction of sp³-hybridized carbons (Fsp3) is 0.923. The van der Waals surface area contributed by atoms with Crippen molar-refractivity contribution in [3.63, 3.8) is 0 Å². The molecule has 2 fully saturated rings. The van der Waals surface area contributed by atoms with Crippen molar-refractivity contribution >= 4 is 5.97 Å². The number of ether oxygens (including phenoxy) is 2. The molecule has 2 aliphatic rings. The number of likely N-dealkylation sites (tertiary alicyclic amines) is 1. The maximum atomic E-state index is 11.5. The Morgan fingerprint density at radius 3 is 2.84 bits per heavy atom. The molecule has 0 aromatic heterocycles. The highest BCUT2D eigenvalue weighted by molar-refractivity contribution is 5.75. The summed E-state index contributed by atoms with van der Waals surface area (Å²) in [5.41, 5.74) is 5.86. The molecule has 2 unspecified atom stereocenters. The second-order valence-electron chi connectivity index (χ2n) is 5.21. The Morgan fingerprint density at radius 2 is 2.16 bits per heavy atom. The van der Waals surface area contributed by atoms with Crippen molar-refractivity contribution in [2.24, 2.45) is 5.73 Å². The predicted octanol–water partition coefficient (Wildman–Crippen LogP) is -0.717. The first-order valence-corrected chi connectivity index (χ1v) is 7.17. The maximum absolute atomic E-state index is 11.5. The number of hydrogen-bond acceptors (Lipinski definition) is 6. The van der Waals surface area contributed by atoms with Gasteiger partial charge in [0.2, 0.25) is 0 Å². The van der Waals surface area contributed by atoms with Gasteiger partial charge in [0.15, 0.2) is 0 Å². The fourth-order valence-corrected chi connectivity index (χ4v) is 2.82. The Morgan fingerprint density at radius 1 is 1.42 bits per heavy atom. The number of morpholine rings is 1. The van der Waals surface area contributed by atoms with Crippen LogP contribution in [-0.4, -0.2) is 80.4 Å². The highest BCUT2D eigenvalue weighted by Gasteiger charge is 2.30. The SMILES string of the molecule is CCOC(=O)C(N)CN1CCC(N2CCOCC2)C1. The van der Waals surface area contributed by atoms with E-state index in [4.69, 9.17) is 15.2 Å². The molecule has 6 nitrogen and oxygen atoms in total. The van der Waals surface area contributed by atoms with Gasteiger partial charge in [0.1, 0.15) is 6.04 Å². The van der Waals surface area contributed by atoms with Crippen LogP contribution in [-0.2, 0) is 14.3 Å². The highest BCUT2D eigenvalue weighted by Crippen LogP contribution is 2.16. The van der Waals surface area contributed by atoms with Crippen LogP contribution in [0.2, 0.25) is 0 Å². The second-order valence-corrected chi connectivity index (χ2v) is 5.21. The van der Waals surface area contributed by atoms with Crippen molar-refractivity contribution in [2.75, 3.05) is 52.5 Å². The van der Waals surface area contributed by atoms with Gasteiger partial charge in [-0.25, -0.2) is 0 Å². The van der Waals surface area contributed by atoms with E-state index >= 15 is 0 Å². The molecule has 2 rings (SSSR count). The molecular weight excluding hydrogens is 246 g/mol. The van der Waals surface area contributed by atoms with Crippen molar-refractivity contribution < 1.29 is 14.3 Å². The molecule has 2 heterocycles. The average molecular weight is 271 g/mol. The summed E-state index contributed by atoms with van der Waals surface area (Å²) in [5, 5.41) is 0. The lowest BCUT2D eigenvalue weighted by Gasteiger charge is -2.32. The van der Waals surface area contributed by atoms with E-state index in [1.165, 1.54) is 0 Å². The second kappa shape index (κ2) is 7.19. The summed E-state index contributed by atoms with van der Waals surface area (Å²) in [5.74, 6) is -0.294. The van der Waals surface area contributed by atoms with Gasteiger partial charge >= 0.3 is 5.97 Å². The highest BCUT2D eigenvalue weighted by atomic mass is 16.5. The lowest BCUT2D eigenvalue weighted by atomic mass is 10.2. The molecule has 0 amide bonds. The van der Waals surface area contributed by atoms with Crippen molar-refractivity contribution in [3.05, 3.63) is 0 Å². The third-order valence-electron chi connectivity index (χ3n) is 3.85. The van der Waals surface area contributed by atoms with Crippen LogP contribution in [0, 0.1) is 0 Å². The largest absolute Gasteiger partial charge is 0.465 e. The molecule has 2 atom stereocenters. The van der Waals surface area contributed by atoms with Crippen molar-refractivity contribution in [3.8, 4) is 0 Å². The average Bonchev–Trinajstić information content (AvgIpc) is 2.88. The fourth-order valence-electron chi connectivity index (χ4n) is 2.82. The molecule has 2 saturated heterocycles. The minimum Gasteiger partial charge on any atom is -0.465 e. The Labute approximate surface area is 114 Å². The number of nitrogens with two attached hydrogens (primary N) is 1. The molecule has 0 saturated carbocycles. The van der Waals surface area contributed by atoms with Crippen LogP contribution in [0.4, 0.5) is 0 Å². The van der Waals surface area contributed by atoms with Gasteiger partial charge in [-0.2, -0.15) is 0 Å². The van der Waals surface area contributed by atoms with Gasteiger partial charge in [0.25, 0.3) is 0 Å². The van der Waals surface area contributed by atoms with E-state index in [-0.39, 0.29) is 5.97 Å². The number of carbonyl (C=O) groups excluding carboxylic acids is 1. The van der Waals surface area contributed by atoms with Crippen molar-refractivity contribution in [2.45, 2.75) is 25.4 Å². The first kappa shape index (κ1) is 14.7. The Bertz CT molecular complexity index is 295. The van der Waals surface area contributed by atoms with Gasteiger partial charge in [-0.1, -0.05) is 0 Å². The number of nitrogens with zero attached hydrogens (tertiary/aromatic N) is 2. The lowest BCUT2D eigenvalue weighted by molar-refractivity contribution is -0.145. The van der Waals surface area contributed by atoms with Crippen LogP contribution in [0.5, 0.6) is 0 Å². The third-order valence-corrected chi connectivity index (χ3v) is 3.85. The monoisotopic (exact) mass is 271 g/mol. The molecule has 0 radical (unpaired) electrons. The first-order valence-electron chi connectivity index (χ1n) is 7.17. The van der Waals surface area contributed by atoms with E-state index < -0.39 is 6.04 Å². The number of rotatable bonds is 5. The van der Waals surface area contributed by atoms with Crippen molar-refractivity contribution in [1.82, 2.24) is 9.80 Å². The Hall–Kier alpha value is -0.690. The van der Waals surface area contributed by atoms with E-state index in [1.54, 1.807) is 6.92 Å². The standard InChI is InChI=1S/C13H25N3O3/c1-2-19-13(17)12(14)10-15-4-3-11(9-15)16-5-7-18-8-6-16/h11-12H,2-10,14H2,1H3. The molecular formula is C13H25N3O3. The molecule has 0 aliphatic carbocycles. The molecule has 0 aromatic carbocycles. The smallest absolute Gasteiger partial charge is 0.324 e. The zero-order valence-corrected chi connectivity index (χ0v) is 11.7. The third kappa shape index (κ3) is 4.14. The van der Waals surface area contributed by atoms with E-state index in [1.807, 2.05) is 0 Å². The van der Waals surface area contributed by atoms with Crippen LogP contribution < -0.4 is 5.73 Å². The van der Waals surface area contributed by atoms with Gasteiger partial charge in [-0.15, -0.1) is 0 Å². The maximum Gasteiger partial charge on any atom is 0.324 e. The Balaban J connectivity index is 1.73. The molecule has 110 valence electrons. The molecule has 2 aliphatic heterocycles. The van der Waals surface area contributed by atoms with E-state index in [9.17, 15) is 4.79 Å². The van der Waals surface area contributed by atoms with Gasteiger partial charge in [-0.05, 0) is 19.9 Å². The van der Waals surface area contributed by atoms with Crippen LogP contribution in [0.15, 0.2) is 0 Å². The summed E-state index contributed by atoms with van der Waals surface area (Å²) in [4.78, 5) is 16.3. The zero-order chi connectivity index (χ0) is 13.7. The minimum absolute atomic E-state index is 0.294.